The summed E-state index contributed by atoms with van der Waals surface area (Å²) in [6.07, 6.45) is -0.443. The van der Waals surface area contributed by atoms with Gasteiger partial charge in [0.1, 0.15) is 6.61 Å². The monoisotopic (exact) mass is 216 g/mol. The topological polar surface area (TPSA) is 79.3 Å². The summed E-state index contributed by atoms with van der Waals surface area (Å²) in [5.41, 5.74) is 0. The van der Waals surface area contributed by atoms with E-state index in [1.165, 1.54) is 12.0 Å². The largest absolute Gasteiger partial charge is 0.468 e. The molecule has 2 atom stereocenters. The zero-order valence-electron chi connectivity index (χ0n) is 8.25. The zero-order valence-corrected chi connectivity index (χ0v) is 8.25. The second-order valence-electron chi connectivity index (χ2n) is 3.47. The number of ether oxygens (including phenoxy) is 2. The smallest absolute Gasteiger partial charge is 0.410 e. The van der Waals surface area contributed by atoms with Crippen LogP contribution in [0.4, 0.5) is 4.79 Å². The molecule has 2 rings (SSSR count). The van der Waals surface area contributed by atoms with E-state index in [4.69, 9.17) is 4.74 Å². The fourth-order valence-corrected chi connectivity index (χ4v) is 1.93. The van der Waals surface area contributed by atoms with Crippen molar-refractivity contribution in [3.63, 3.8) is 0 Å². The van der Waals surface area contributed by atoms with Gasteiger partial charge in [-0.25, -0.2) is 4.79 Å². The molecule has 2 aliphatic rings. The molecule has 1 amide bonds. The molecule has 0 unspecified atom stereocenters. The Bertz CT molecular complexity index is 295. The first kappa shape index (κ1) is 10.2. The van der Waals surface area contributed by atoms with Crippen LogP contribution in [0.2, 0.25) is 0 Å². The molecule has 2 heterocycles. The van der Waals surface area contributed by atoms with E-state index < -0.39 is 24.1 Å². The Kier molecular flexibility index (Phi) is 2.49. The van der Waals surface area contributed by atoms with Crippen molar-refractivity contribution in [2.75, 3.05) is 26.8 Å². The maximum Gasteiger partial charge on any atom is 0.410 e. The highest BCUT2D eigenvalue weighted by Gasteiger charge is 2.48. The van der Waals surface area contributed by atoms with Crippen molar-refractivity contribution >= 4 is 12.1 Å². The van der Waals surface area contributed by atoms with E-state index in [1.807, 2.05) is 0 Å². The number of amides is 1. The molecule has 7 nitrogen and oxygen atoms in total. The van der Waals surface area contributed by atoms with Crippen LogP contribution in [0.15, 0.2) is 0 Å². The number of cyclic esters (lactones) is 1. The number of carbonyl (C=O) groups excluding carboxylic acids is 2. The molecule has 0 aromatic heterocycles. The van der Waals surface area contributed by atoms with Gasteiger partial charge in [-0.15, -0.1) is 0 Å². The number of methoxy groups -OCH3 is 1. The number of fused-ring (bicyclic) bond motifs is 1. The molecule has 0 spiro atoms. The maximum atomic E-state index is 11.4. The molecule has 7 heteroatoms. The Labute approximate surface area is 86.1 Å². The van der Waals surface area contributed by atoms with E-state index in [9.17, 15) is 14.8 Å². The Hall–Kier alpha value is -1.34. The molecule has 2 fully saturated rings. The lowest BCUT2D eigenvalue weighted by Gasteiger charge is -2.37. The molecule has 2 saturated heterocycles. The van der Waals surface area contributed by atoms with Crippen molar-refractivity contribution in [3.8, 4) is 0 Å². The Balaban J connectivity index is 2.19. The Morgan fingerprint density at radius 1 is 1.60 bits per heavy atom. The van der Waals surface area contributed by atoms with Crippen LogP contribution < -0.4 is 0 Å². The minimum atomic E-state index is -0.852. The second-order valence-corrected chi connectivity index (χ2v) is 3.47. The third-order valence-corrected chi connectivity index (χ3v) is 2.71. The van der Waals surface area contributed by atoms with Gasteiger partial charge >= 0.3 is 12.1 Å². The summed E-state index contributed by atoms with van der Waals surface area (Å²) in [4.78, 5) is 24.1. The fraction of sp³-hybridized carbons (Fsp3) is 0.750. The van der Waals surface area contributed by atoms with E-state index in [0.29, 0.717) is 6.54 Å². The number of hydrogen-bond acceptors (Lipinski definition) is 6. The molecule has 2 aliphatic heterocycles. The number of hydroxylamine groups is 2. The van der Waals surface area contributed by atoms with Crippen molar-refractivity contribution in [2.45, 2.75) is 12.1 Å². The Morgan fingerprint density at radius 3 is 3.00 bits per heavy atom. The number of rotatable bonds is 1. The lowest BCUT2D eigenvalue weighted by atomic mass is 10.1. The van der Waals surface area contributed by atoms with Crippen LogP contribution in [0.3, 0.4) is 0 Å². The van der Waals surface area contributed by atoms with Gasteiger partial charge in [-0.1, -0.05) is 0 Å². The normalized spacial score (nSPS) is 31.1. The van der Waals surface area contributed by atoms with Crippen LogP contribution in [0.1, 0.15) is 0 Å². The van der Waals surface area contributed by atoms with E-state index in [2.05, 4.69) is 4.74 Å². The highest BCUT2D eigenvalue weighted by atomic mass is 16.6. The first-order chi connectivity index (χ1) is 7.15. The van der Waals surface area contributed by atoms with Crippen LogP contribution in [0.5, 0.6) is 0 Å². The number of carbonyl (C=O) groups is 2. The van der Waals surface area contributed by atoms with Gasteiger partial charge in [0.2, 0.25) is 0 Å². The van der Waals surface area contributed by atoms with Crippen LogP contribution in [0, 0.1) is 0 Å². The van der Waals surface area contributed by atoms with Crippen LogP contribution in [-0.4, -0.2) is 66.1 Å². The molecule has 0 aliphatic carbocycles. The summed E-state index contributed by atoms with van der Waals surface area (Å²) in [6.45, 7) is 0.675. The summed E-state index contributed by atoms with van der Waals surface area (Å²) >= 11 is 0. The quantitative estimate of drug-likeness (QED) is 0.569. The van der Waals surface area contributed by atoms with Crippen molar-refractivity contribution in [1.29, 1.82) is 0 Å². The van der Waals surface area contributed by atoms with Crippen molar-refractivity contribution in [3.05, 3.63) is 0 Å². The molecule has 0 aromatic carbocycles. The summed E-state index contributed by atoms with van der Waals surface area (Å²) in [7, 11) is 1.24. The van der Waals surface area contributed by atoms with Gasteiger partial charge in [-0.05, 0) is 0 Å². The van der Waals surface area contributed by atoms with Gasteiger partial charge in [0.15, 0.2) is 6.04 Å². The molecule has 0 bridgehead atoms. The second kappa shape index (κ2) is 3.67. The average Bonchev–Trinajstić information content (AvgIpc) is 2.59. The molecular weight excluding hydrogens is 204 g/mol. The van der Waals surface area contributed by atoms with Crippen LogP contribution in [0.25, 0.3) is 0 Å². The zero-order chi connectivity index (χ0) is 11.0. The summed E-state index contributed by atoms with van der Waals surface area (Å²) in [5.74, 6) is -0.564. The van der Waals surface area contributed by atoms with Gasteiger partial charge in [0.25, 0.3) is 0 Å². The Morgan fingerprint density at radius 2 is 2.33 bits per heavy atom. The predicted molar refractivity (Wildman–Crippen MR) is 46.1 cm³/mol. The highest BCUT2D eigenvalue weighted by Crippen LogP contribution is 2.23. The molecule has 15 heavy (non-hydrogen) atoms. The molecule has 1 N–H and O–H groups in total. The van der Waals surface area contributed by atoms with Gasteiger partial charge in [-0.2, -0.15) is 5.06 Å². The first-order valence-corrected chi connectivity index (χ1v) is 4.62. The minimum absolute atomic E-state index is 0.107. The molecule has 0 radical (unpaired) electrons. The van der Waals surface area contributed by atoms with Crippen LogP contribution in [-0.2, 0) is 14.3 Å². The average molecular weight is 216 g/mol. The molecule has 84 valence electrons. The molecule has 0 aromatic rings. The van der Waals surface area contributed by atoms with E-state index in [1.54, 1.807) is 0 Å². The summed E-state index contributed by atoms with van der Waals surface area (Å²) < 4.78 is 9.38. The van der Waals surface area contributed by atoms with Gasteiger partial charge in [0, 0.05) is 13.1 Å². The van der Waals surface area contributed by atoms with Crippen molar-refractivity contribution < 1.29 is 24.3 Å². The van der Waals surface area contributed by atoms with Crippen molar-refractivity contribution in [2.24, 2.45) is 0 Å². The standard InChI is InChI=1S/C8H12N2O5/c1-14-7(11)6-5-4-15-8(12)9(5)2-3-10(6)13/h5-6,13H,2-4H2,1H3/t5-,6+/m0/s1. The van der Waals surface area contributed by atoms with Crippen molar-refractivity contribution in [1.82, 2.24) is 9.96 Å². The van der Waals surface area contributed by atoms with Gasteiger partial charge in [-0.3, -0.25) is 9.69 Å². The van der Waals surface area contributed by atoms with E-state index in [-0.39, 0.29) is 13.2 Å². The van der Waals surface area contributed by atoms with E-state index >= 15 is 0 Å². The fourth-order valence-electron chi connectivity index (χ4n) is 1.93. The van der Waals surface area contributed by atoms with Crippen LogP contribution >= 0.6 is 0 Å². The first-order valence-electron chi connectivity index (χ1n) is 4.62. The third-order valence-electron chi connectivity index (χ3n) is 2.71. The molecular formula is C8H12N2O5. The van der Waals surface area contributed by atoms with Gasteiger partial charge in [0.05, 0.1) is 13.2 Å². The van der Waals surface area contributed by atoms with Gasteiger partial charge < -0.3 is 14.7 Å². The number of esters is 1. The number of piperazine rings is 1. The number of nitrogens with zero attached hydrogens (tertiary/aromatic N) is 2. The lowest BCUT2D eigenvalue weighted by Crippen LogP contribution is -2.60. The van der Waals surface area contributed by atoms with E-state index in [0.717, 1.165) is 5.06 Å². The lowest BCUT2D eigenvalue weighted by molar-refractivity contribution is -0.189. The third kappa shape index (κ3) is 1.53. The SMILES string of the molecule is COC(=O)[C@H]1[C@@H]2COC(=O)N2CCN1O. The highest BCUT2D eigenvalue weighted by molar-refractivity contribution is 5.79. The maximum absolute atomic E-state index is 11.4. The minimum Gasteiger partial charge on any atom is -0.468 e. The molecule has 0 saturated carbocycles. The summed E-state index contributed by atoms with van der Waals surface area (Å²) in [5, 5.41) is 10.4. The summed E-state index contributed by atoms with van der Waals surface area (Å²) in [6, 6.07) is -1.31. The predicted octanol–water partition coefficient (Wildman–Crippen LogP) is -0.946. The number of hydrogen-bond donors (Lipinski definition) is 1.